The first kappa shape index (κ1) is 24.4. The van der Waals surface area contributed by atoms with Crippen molar-refractivity contribution in [3.05, 3.63) is 75.6 Å². The second-order valence-electron chi connectivity index (χ2n) is 14.3. The first-order valence-electron chi connectivity index (χ1n) is 16.8. The zero-order valence-corrected chi connectivity index (χ0v) is 26.9. The van der Waals surface area contributed by atoms with Crippen molar-refractivity contribution in [3.8, 4) is 11.3 Å². The van der Waals surface area contributed by atoms with Crippen LogP contribution in [0.1, 0.15) is 98.5 Å². The van der Waals surface area contributed by atoms with Crippen molar-refractivity contribution in [2.45, 2.75) is 99.8 Å². The van der Waals surface area contributed by atoms with Gasteiger partial charge in [-0.25, -0.2) is 4.57 Å². The van der Waals surface area contributed by atoms with E-state index in [4.69, 9.17) is 4.98 Å². The Balaban J connectivity index is 1.94. The van der Waals surface area contributed by atoms with Crippen molar-refractivity contribution >= 4 is 27.5 Å². The molecule has 41 heavy (non-hydrogen) atoms. The fraction of sp³-hybridized carbons (Fsp3) is 0.474. The van der Waals surface area contributed by atoms with Crippen LogP contribution >= 0.6 is 0 Å². The molecule has 1 aliphatic rings. The second kappa shape index (κ2) is 9.15. The highest BCUT2D eigenvalue weighted by atomic mass is 15.1. The lowest BCUT2D eigenvalue weighted by atomic mass is 9.60. The molecule has 4 heterocycles. The summed E-state index contributed by atoms with van der Waals surface area (Å²) >= 11 is 0. The van der Waals surface area contributed by atoms with Gasteiger partial charge < -0.3 is 0 Å². The van der Waals surface area contributed by atoms with E-state index in [9.17, 15) is 4.11 Å². The van der Waals surface area contributed by atoms with Gasteiger partial charge in [-0.05, 0) is 85.4 Å². The molecule has 0 amide bonds. The van der Waals surface area contributed by atoms with Crippen molar-refractivity contribution in [3.63, 3.8) is 0 Å². The first-order valence-corrected chi connectivity index (χ1v) is 15.3. The van der Waals surface area contributed by atoms with Crippen molar-refractivity contribution in [2.75, 3.05) is 0 Å². The Kier molecular flexibility index (Phi) is 5.45. The van der Waals surface area contributed by atoms with E-state index in [1.54, 1.807) is 0 Å². The van der Waals surface area contributed by atoms with E-state index in [1.165, 1.54) is 16.7 Å². The van der Waals surface area contributed by atoms with E-state index < -0.39 is 17.7 Å². The summed E-state index contributed by atoms with van der Waals surface area (Å²) in [5, 5.41) is 2.22. The number of rotatable bonds is 5. The molecule has 3 aromatic heterocycles. The minimum absolute atomic E-state index is 0.513. The fourth-order valence-electron chi connectivity index (χ4n) is 7.45. The van der Waals surface area contributed by atoms with Crippen LogP contribution in [0.25, 0.3) is 38.7 Å². The van der Waals surface area contributed by atoms with Gasteiger partial charge in [0.1, 0.15) is 5.52 Å². The molecule has 0 aliphatic carbocycles. The van der Waals surface area contributed by atoms with E-state index in [2.05, 4.69) is 109 Å². The van der Waals surface area contributed by atoms with Gasteiger partial charge in [0.25, 0.3) is 5.65 Å². The normalized spacial score (nSPS) is 19.6. The van der Waals surface area contributed by atoms with Gasteiger partial charge in [0.15, 0.2) is 11.4 Å². The Bertz CT molecular complexity index is 1960. The molecule has 0 saturated carbocycles. The molecule has 1 unspecified atom stereocenters. The minimum Gasteiger partial charge on any atom is -0.255 e. The first-order chi connectivity index (χ1) is 20.4. The molecule has 1 aliphatic heterocycles. The highest BCUT2D eigenvalue weighted by Gasteiger charge is 2.53. The molecule has 0 saturated heterocycles. The molecule has 1 atom stereocenters. The third-order valence-electron chi connectivity index (χ3n) is 9.98. The van der Waals surface area contributed by atoms with Gasteiger partial charge >= 0.3 is 0 Å². The zero-order valence-electron chi connectivity index (χ0n) is 29.9. The van der Waals surface area contributed by atoms with E-state index in [1.807, 2.05) is 13.1 Å². The lowest BCUT2D eigenvalue weighted by Gasteiger charge is -2.43. The van der Waals surface area contributed by atoms with Crippen LogP contribution < -0.4 is 4.57 Å². The Morgan fingerprint density at radius 1 is 0.878 bits per heavy atom. The summed E-state index contributed by atoms with van der Waals surface area (Å²) in [7, 11) is 2.13. The highest BCUT2D eigenvalue weighted by Crippen LogP contribution is 2.53. The summed E-state index contributed by atoms with van der Waals surface area (Å²) in [4.78, 5) is 5.09. The average Bonchev–Trinajstić information content (AvgIpc) is 3.21. The Morgan fingerprint density at radius 2 is 1.51 bits per heavy atom. The summed E-state index contributed by atoms with van der Waals surface area (Å²) in [5.41, 5.74) is 11.3. The van der Waals surface area contributed by atoms with Crippen molar-refractivity contribution in [2.24, 2.45) is 18.9 Å². The summed E-state index contributed by atoms with van der Waals surface area (Å²) in [5.74, 6) is 1.03. The lowest BCUT2D eigenvalue weighted by Crippen LogP contribution is -2.44. The molecule has 0 fully saturated rings. The highest BCUT2D eigenvalue weighted by molar-refractivity contribution is 6.13. The maximum Gasteiger partial charge on any atom is 0.297 e. The monoisotopic (exact) mass is 549 g/mol. The smallest absolute Gasteiger partial charge is 0.255 e. The summed E-state index contributed by atoms with van der Waals surface area (Å²) < 4.78 is 32.2. The van der Waals surface area contributed by atoms with Crippen molar-refractivity contribution in [1.29, 1.82) is 0 Å². The zero-order chi connectivity index (χ0) is 32.3. The molecular formula is C38H48N3+. The van der Waals surface area contributed by atoms with E-state index in [0.29, 0.717) is 11.8 Å². The molecular weight excluding hydrogens is 498 g/mol. The van der Waals surface area contributed by atoms with Crippen LogP contribution in [0.5, 0.6) is 0 Å². The maximum atomic E-state index is 9.19. The van der Waals surface area contributed by atoms with Gasteiger partial charge in [-0.3, -0.25) is 4.98 Å². The Morgan fingerprint density at radius 3 is 2.10 bits per heavy atom. The van der Waals surface area contributed by atoms with Crippen LogP contribution in [0.15, 0.2) is 36.5 Å². The van der Waals surface area contributed by atoms with Crippen LogP contribution in [0.4, 0.5) is 0 Å². The summed E-state index contributed by atoms with van der Waals surface area (Å²) in [6.07, 6.45) is 3.94. The Hall–Kier alpha value is -3.20. The predicted octanol–water partition coefficient (Wildman–Crippen LogP) is 9.02. The van der Waals surface area contributed by atoms with Crippen LogP contribution in [0.2, 0.25) is 0 Å². The molecule has 0 bridgehead atoms. The number of benzene rings is 2. The van der Waals surface area contributed by atoms with Gasteiger partial charge in [0.2, 0.25) is 0 Å². The lowest BCUT2D eigenvalue weighted by molar-refractivity contribution is -0.632. The van der Waals surface area contributed by atoms with Gasteiger partial charge in [0.05, 0.1) is 23.3 Å². The van der Waals surface area contributed by atoms with E-state index >= 15 is 0 Å². The third-order valence-corrected chi connectivity index (χ3v) is 9.98. The predicted molar refractivity (Wildman–Crippen MR) is 174 cm³/mol. The molecule has 214 valence electrons. The standard InChI is InChI=1S/C38H48N3/c1-21(2)15-26-17-27(16-22(3)4)19-28(18-26)33-35-38(10,11)37(8,9)29-14-13-23(5)30-32-31(25(7)24(6)20-39-32)36(40(33)12)41(35)34(29)30/h13-14,17-22H,15-16H2,1-12H3/q+1/i10D3. The minimum atomic E-state index is -2.27. The number of imidazole rings is 1. The molecule has 6 rings (SSSR count). The largest absolute Gasteiger partial charge is 0.297 e. The fourth-order valence-corrected chi connectivity index (χ4v) is 7.45. The quantitative estimate of drug-likeness (QED) is 0.158. The number of nitrogens with zero attached hydrogens (tertiary/aromatic N) is 3. The Labute approximate surface area is 250 Å². The topological polar surface area (TPSA) is 21.2 Å². The second-order valence-corrected chi connectivity index (χ2v) is 14.3. The van der Waals surface area contributed by atoms with Crippen LogP contribution in [0, 0.1) is 32.6 Å². The van der Waals surface area contributed by atoms with Gasteiger partial charge in [-0.15, -0.1) is 0 Å². The van der Waals surface area contributed by atoms with Gasteiger partial charge in [0, 0.05) is 32.3 Å². The molecule has 3 nitrogen and oxygen atoms in total. The van der Waals surface area contributed by atoms with E-state index in [-0.39, 0.29) is 0 Å². The number of hydrogen-bond donors (Lipinski definition) is 0. The number of fused-ring (bicyclic) bond motifs is 3. The SMILES string of the molecule is [2H]C([2H])([2H])C1(C)c2c(-c3cc(CC(C)C)cc(CC(C)C)c3)[n+](C)c3c4c(C)c(C)cnc4c4c(C)ccc(c4n23)C1(C)C. The molecule has 0 radical (unpaired) electrons. The molecule has 5 aromatic rings. The molecule has 0 spiro atoms. The number of aromatic nitrogens is 3. The van der Waals surface area contributed by atoms with Crippen LogP contribution in [0.3, 0.4) is 0 Å². The van der Waals surface area contributed by atoms with Gasteiger partial charge in [-0.1, -0.05) is 73.5 Å². The van der Waals surface area contributed by atoms with Crippen LogP contribution in [-0.4, -0.2) is 9.38 Å². The average molecular weight is 550 g/mol. The number of aryl methyl sites for hydroxylation is 4. The summed E-state index contributed by atoms with van der Waals surface area (Å²) in [6, 6.07) is 11.3. The maximum absolute atomic E-state index is 9.19. The van der Waals surface area contributed by atoms with Gasteiger partial charge in [-0.2, -0.15) is 4.40 Å². The van der Waals surface area contributed by atoms with Crippen molar-refractivity contribution < 1.29 is 8.68 Å². The third kappa shape index (κ3) is 3.84. The molecule has 3 heteroatoms. The summed E-state index contributed by atoms with van der Waals surface area (Å²) in [6.45, 7) is 19.5. The number of pyridine rings is 2. The number of hydrogen-bond acceptors (Lipinski definition) is 1. The van der Waals surface area contributed by atoms with Crippen LogP contribution in [-0.2, 0) is 30.7 Å². The molecule has 0 N–H and O–H groups in total. The van der Waals surface area contributed by atoms with E-state index in [0.717, 1.165) is 73.9 Å². The van der Waals surface area contributed by atoms with Crippen molar-refractivity contribution in [1.82, 2.24) is 9.38 Å². The molecule has 2 aromatic carbocycles.